The van der Waals surface area contributed by atoms with E-state index in [9.17, 15) is 27.6 Å². The van der Waals surface area contributed by atoms with Crippen molar-refractivity contribution in [1.29, 1.82) is 0 Å². The van der Waals surface area contributed by atoms with E-state index in [4.69, 9.17) is 13.6 Å². The second-order valence-electron chi connectivity index (χ2n) is 15.4. The number of ether oxygens (including phenoxy) is 1. The molecule has 0 saturated carbocycles. The predicted molar refractivity (Wildman–Crippen MR) is 190 cm³/mol. The first-order chi connectivity index (χ1) is 23.4. The predicted octanol–water partition coefficient (Wildman–Crippen LogP) is 6.54. The summed E-state index contributed by atoms with van der Waals surface area (Å²) in [5, 5.41) is 8.56. The lowest BCUT2D eigenvalue weighted by atomic mass is 10.1. The fourth-order valence-electron chi connectivity index (χ4n) is 4.73. The topological polar surface area (TPSA) is 171 Å². The number of alkyl halides is 3. The Bertz CT molecular complexity index is 1730. The summed E-state index contributed by atoms with van der Waals surface area (Å²) in [6, 6.07) is 6.95. The van der Waals surface area contributed by atoms with Crippen LogP contribution >= 0.6 is 0 Å². The number of rotatable bonds is 9. The van der Waals surface area contributed by atoms with Crippen molar-refractivity contribution in [2.45, 2.75) is 109 Å². The minimum atomic E-state index is -5.25. The zero-order valence-electron chi connectivity index (χ0n) is 30.4. The molecule has 0 aliphatic carbocycles. The van der Waals surface area contributed by atoms with Gasteiger partial charge in [0.25, 0.3) is 0 Å². The Labute approximate surface area is 296 Å². The number of nitrogens with zero attached hydrogens (tertiary/aromatic N) is 4. The first-order valence-electron chi connectivity index (χ1n) is 16.4. The first kappa shape index (κ1) is 39.9. The smallest absolute Gasteiger partial charge is 0.408 e. The Hall–Kier alpha value is -3.92. The van der Waals surface area contributed by atoms with E-state index in [1.807, 2.05) is 19.2 Å². The average molecular weight is 753 g/mol. The SMILES string of the molecule is CC(C)(C)[Si](C)(C)OC1[C@@H](O[Si](C)(C)C(C)(C)C)[C@@H](CNC(=O)NC(=O)C(F)(F)F)O[C@H]1n1cnc2c(NC(=O)Nc3ccccc3)ncnc21. The van der Waals surface area contributed by atoms with E-state index in [1.165, 1.54) is 18.0 Å². The van der Waals surface area contributed by atoms with Gasteiger partial charge in [0.2, 0.25) is 0 Å². The number of aromatic nitrogens is 4. The summed E-state index contributed by atoms with van der Waals surface area (Å²) in [4.78, 5) is 49.9. The number of anilines is 2. The Balaban J connectivity index is 1.74. The summed E-state index contributed by atoms with van der Waals surface area (Å²) in [6.07, 6.45) is -6.04. The molecule has 0 bridgehead atoms. The number of nitrogens with one attached hydrogen (secondary N) is 4. The summed E-state index contributed by atoms with van der Waals surface area (Å²) in [7, 11) is -5.18. The fourth-order valence-corrected chi connectivity index (χ4v) is 7.33. The molecule has 1 aliphatic rings. The molecule has 4 atom stereocenters. The molecular weight excluding hydrogens is 706 g/mol. The number of fused-ring (bicyclic) bond motifs is 1. The van der Waals surface area contributed by atoms with Gasteiger partial charge < -0.3 is 24.2 Å². The highest BCUT2D eigenvalue weighted by Gasteiger charge is 2.54. The number of carbonyl (C=O) groups excluding carboxylic acids is 3. The van der Waals surface area contributed by atoms with Gasteiger partial charge in [-0.1, -0.05) is 59.7 Å². The number of para-hydroxylation sites is 1. The third kappa shape index (κ3) is 9.31. The second-order valence-corrected chi connectivity index (χ2v) is 24.9. The molecule has 1 aromatic carbocycles. The Morgan fingerprint density at radius 1 is 0.843 bits per heavy atom. The van der Waals surface area contributed by atoms with E-state index in [-0.39, 0.29) is 28.0 Å². The van der Waals surface area contributed by atoms with Crippen molar-refractivity contribution in [2.24, 2.45) is 0 Å². The van der Waals surface area contributed by atoms with Gasteiger partial charge in [-0.15, -0.1) is 0 Å². The van der Waals surface area contributed by atoms with E-state index >= 15 is 0 Å². The van der Waals surface area contributed by atoms with E-state index in [0.29, 0.717) is 11.3 Å². The van der Waals surface area contributed by atoms with Crippen molar-refractivity contribution in [1.82, 2.24) is 30.2 Å². The molecule has 51 heavy (non-hydrogen) atoms. The van der Waals surface area contributed by atoms with E-state index in [0.717, 1.165) is 0 Å². The molecule has 0 spiro atoms. The number of hydrogen-bond acceptors (Lipinski definition) is 9. The molecule has 1 aliphatic heterocycles. The van der Waals surface area contributed by atoms with Gasteiger partial charge in [-0.2, -0.15) is 13.2 Å². The normalized spacial score (nSPS) is 20.3. The van der Waals surface area contributed by atoms with Crippen molar-refractivity contribution in [3.63, 3.8) is 0 Å². The van der Waals surface area contributed by atoms with Crippen molar-refractivity contribution in [3.05, 3.63) is 43.0 Å². The monoisotopic (exact) mass is 752 g/mol. The largest absolute Gasteiger partial charge is 0.471 e. The molecule has 5 amide bonds. The average Bonchev–Trinajstić information content (AvgIpc) is 3.56. The third-order valence-electron chi connectivity index (χ3n) is 9.60. The number of carbonyl (C=O) groups is 3. The molecule has 2 aromatic heterocycles. The molecule has 14 nitrogen and oxygen atoms in total. The number of imide groups is 1. The summed E-state index contributed by atoms with van der Waals surface area (Å²) >= 11 is 0. The maximum absolute atomic E-state index is 12.9. The lowest BCUT2D eigenvalue weighted by Gasteiger charge is -2.44. The summed E-state index contributed by atoms with van der Waals surface area (Å²) < 4.78 is 60.8. The highest BCUT2D eigenvalue weighted by Crippen LogP contribution is 2.46. The highest BCUT2D eigenvalue weighted by atomic mass is 28.4. The van der Waals surface area contributed by atoms with Gasteiger partial charge in [0.1, 0.15) is 24.6 Å². The Morgan fingerprint density at radius 2 is 1.43 bits per heavy atom. The van der Waals surface area contributed by atoms with Crippen molar-refractivity contribution in [3.8, 4) is 0 Å². The van der Waals surface area contributed by atoms with Gasteiger partial charge in [0.05, 0.1) is 6.33 Å². The van der Waals surface area contributed by atoms with E-state index in [2.05, 4.69) is 85.5 Å². The minimum absolute atomic E-state index is 0.130. The summed E-state index contributed by atoms with van der Waals surface area (Å²) in [6.45, 7) is 20.3. The summed E-state index contributed by atoms with van der Waals surface area (Å²) in [5.74, 6) is -2.27. The lowest BCUT2D eigenvalue weighted by Crippen LogP contribution is -2.55. The van der Waals surface area contributed by atoms with Crippen LogP contribution in [0.2, 0.25) is 36.3 Å². The third-order valence-corrected chi connectivity index (χ3v) is 18.6. The molecule has 19 heteroatoms. The maximum atomic E-state index is 12.9. The number of benzene rings is 1. The number of urea groups is 2. The van der Waals surface area contributed by atoms with Crippen LogP contribution in [-0.2, 0) is 18.4 Å². The highest BCUT2D eigenvalue weighted by molar-refractivity contribution is 6.74. The second kappa shape index (κ2) is 14.6. The Kier molecular flexibility index (Phi) is 11.4. The van der Waals surface area contributed by atoms with Crippen LogP contribution in [0.1, 0.15) is 47.8 Å². The molecule has 1 fully saturated rings. The molecular formula is C32H47F3N8O6Si2. The van der Waals surface area contributed by atoms with Crippen LogP contribution in [0.5, 0.6) is 0 Å². The molecule has 280 valence electrons. The van der Waals surface area contributed by atoms with Gasteiger partial charge in [-0.3, -0.25) is 20.0 Å². The molecule has 3 aromatic rings. The number of amides is 5. The van der Waals surface area contributed by atoms with Gasteiger partial charge in [-0.05, 0) is 48.4 Å². The van der Waals surface area contributed by atoms with Crippen LogP contribution in [0.4, 0.5) is 34.3 Å². The zero-order valence-corrected chi connectivity index (χ0v) is 32.4. The molecule has 1 unspecified atom stereocenters. The number of halogens is 3. The van der Waals surface area contributed by atoms with Gasteiger partial charge in [0.15, 0.2) is 39.8 Å². The fraction of sp³-hybridized carbons (Fsp3) is 0.562. The van der Waals surface area contributed by atoms with E-state index in [1.54, 1.807) is 28.8 Å². The molecule has 4 rings (SSSR count). The van der Waals surface area contributed by atoms with Crippen LogP contribution in [0.15, 0.2) is 43.0 Å². The van der Waals surface area contributed by atoms with Crippen molar-refractivity contribution in [2.75, 3.05) is 17.2 Å². The minimum Gasteiger partial charge on any atom is -0.408 e. The van der Waals surface area contributed by atoms with Gasteiger partial charge in [-0.25, -0.2) is 24.5 Å². The standard InChI is InChI=1S/C32H47F3N8O6Si2/c1-30(2,3)50(7,8)48-22-20(16-36-28(45)42-27(44)32(33,34)35)47-26(23(22)49-51(9,10)31(4,5)6)43-18-39-21-24(37-17-38-25(21)43)41-29(46)40-19-14-12-11-13-15-19/h11-15,17-18,20,22-23,26H,16H2,1-10H3,(H2,36,42,44,45)(H2,37,38,40,41,46)/t20-,22+,23?,26-/m1/s1. The number of imidazole rings is 1. The zero-order chi connectivity index (χ0) is 38.2. The maximum Gasteiger partial charge on any atom is 0.471 e. The van der Waals surface area contributed by atoms with Crippen molar-refractivity contribution >= 4 is 57.3 Å². The Morgan fingerprint density at radius 3 is 2.00 bits per heavy atom. The van der Waals surface area contributed by atoms with Crippen LogP contribution in [-0.4, -0.2) is 85.2 Å². The van der Waals surface area contributed by atoms with Gasteiger partial charge in [0, 0.05) is 12.2 Å². The number of hydrogen-bond donors (Lipinski definition) is 4. The van der Waals surface area contributed by atoms with Crippen LogP contribution in [0, 0.1) is 0 Å². The lowest BCUT2D eigenvalue weighted by molar-refractivity contribution is -0.172. The van der Waals surface area contributed by atoms with Crippen molar-refractivity contribution < 1.29 is 41.1 Å². The molecule has 4 N–H and O–H groups in total. The van der Waals surface area contributed by atoms with Gasteiger partial charge >= 0.3 is 24.1 Å². The van der Waals surface area contributed by atoms with Crippen LogP contribution < -0.4 is 21.3 Å². The molecule has 0 radical (unpaired) electrons. The molecule has 3 heterocycles. The molecule has 1 saturated heterocycles. The summed E-state index contributed by atoms with van der Waals surface area (Å²) in [5.41, 5.74) is 1.12. The van der Waals surface area contributed by atoms with Crippen LogP contribution in [0.25, 0.3) is 11.2 Å². The first-order valence-corrected chi connectivity index (χ1v) is 22.2. The quantitative estimate of drug-likeness (QED) is 0.177. The van der Waals surface area contributed by atoms with E-state index < -0.39 is 65.3 Å². The van der Waals surface area contributed by atoms with Crippen LogP contribution in [0.3, 0.4) is 0 Å².